The Bertz CT molecular complexity index is 664. The van der Waals surface area contributed by atoms with Gasteiger partial charge in [-0.3, -0.25) is 10.0 Å². The van der Waals surface area contributed by atoms with Crippen molar-refractivity contribution < 1.29 is 14.7 Å². The molecular formula is C17H18N2O3. The van der Waals surface area contributed by atoms with Crippen molar-refractivity contribution in [2.75, 3.05) is 19.0 Å². The molecule has 0 unspecified atom stereocenters. The Morgan fingerprint density at radius 1 is 1.14 bits per heavy atom. The summed E-state index contributed by atoms with van der Waals surface area (Å²) in [5.74, 6) is 0.828. The fourth-order valence-electron chi connectivity index (χ4n) is 1.84. The van der Waals surface area contributed by atoms with Crippen LogP contribution in [0.25, 0.3) is 6.08 Å². The van der Waals surface area contributed by atoms with E-state index >= 15 is 0 Å². The van der Waals surface area contributed by atoms with Gasteiger partial charge < -0.3 is 9.64 Å². The third-order valence-electron chi connectivity index (χ3n) is 2.98. The zero-order valence-corrected chi connectivity index (χ0v) is 12.5. The summed E-state index contributed by atoms with van der Waals surface area (Å²) in [6, 6.07) is 15.1. The van der Waals surface area contributed by atoms with Crippen molar-refractivity contribution in [3.8, 4) is 11.5 Å². The molecule has 5 nitrogen and oxygen atoms in total. The fourth-order valence-corrected chi connectivity index (χ4v) is 1.84. The molecule has 2 aromatic carbocycles. The number of anilines is 1. The Balaban J connectivity index is 2.09. The number of ether oxygens (including phenoxy) is 1. The molecule has 0 fully saturated rings. The summed E-state index contributed by atoms with van der Waals surface area (Å²) in [7, 11) is 3.96. The van der Waals surface area contributed by atoms with E-state index in [0.717, 1.165) is 17.0 Å². The topological polar surface area (TPSA) is 61.8 Å². The maximum absolute atomic E-state index is 11.0. The minimum Gasteiger partial charge on any atom is -0.457 e. The second-order valence-electron chi connectivity index (χ2n) is 4.87. The van der Waals surface area contributed by atoms with Gasteiger partial charge in [-0.2, -0.15) is 0 Å². The van der Waals surface area contributed by atoms with Gasteiger partial charge in [-0.05, 0) is 48.0 Å². The standard InChI is InChI=1S/C17H18N2O3/c1-19(2)14-7-9-15(10-8-14)22-16-5-3-4-13(12-16)6-11-17(20)18-21/h3-12,21H,1-2H3,(H,18,20)/b11-6+. The first kappa shape index (κ1) is 15.6. The van der Waals surface area contributed by atoms with E-state index in [1.807, 2.05) is 61.5 Å². The van der Waals surface area contributed by atoms with Gasteiger partial charge in [-0.1, -0.05) is 12.1 Å². The van der Waals surface area contributed by atoms with Crippen LogP contribution in [0, 0.1) is 0 Å². The molecule has 0 atom stereocenters. The first-order chi connectivity index (χ1) is 10.6. The number of benzene rings is 2. The average Bonchev–Trinajstić information content (AvgIpc) is 2.53. The molecule has 0 aliphatic heterocycles. The number of rotatable bonds is 5. The molecular weight excluding hydrogens is 280 g/mol. The molecule has 0 bridgehead atoms. The first-order valence-electron chi connectivity index (χ1n) is 6.76. The maximum Gasteiger partial charge on any atom is 0.267 e. The molecule has 0 aromatic heterocycles. The van der Waals surface area contributed by atoms with Crippen LogP contribution in [0.5, 0.6) is 11.5 Å². The van der Waals surface area contributed by atoms with Crippen LogP contribution in [0.4, 0.5) is 5.69 Å². The molecule has 22 heavy (non-hydrogen) atoms. The van der Waals surface area contributed by atoms with E-state index in [1.54, 1.807) is 17.6 Å². The fraction of sp³-hybridized carbons (Fsp3) is 0.118. The van der Waals surface area contributed by atoms with Gasteiger partial charge in [0.1, 0.15) is 11.5 Å². The smallest absolute Gasteiger partial charge is 0.267 e. The van der Waals surface area contributed by atoms with E-state index in [1.165, 1.54) is 6.08 Å². The Morgan fingerprint density at radius 3 is 2.50 bits per heavy atom. The van der Waals surface area contributed by atoms with E-state index in [2.05, 4.69) is 0 Å². The van der Waals surface area contributed by atoms with Crippen molar-refractivity contribution in [2.24, 2.45) is 0 Å². The van der Waals surface area contributed by atoms with Crippen molar-refractivity contribution >= 4 is 17.7 Å². The van der Waals surface area contributed by atoms with E-state index in [-0.39, 0.29) is 0 Å². The summed E-state index contributed by atoms with van der Waals surface area (Å²) in [6.45, 7) is 0. The lowest BCUT2D eigenvalue weighted by molar-refractivity contribution is -0.124. The van der Waals surface area contributed by atoms with Crippen molar-refractivity contribution in [3.63, 3.8) is 0 Å². The lowest BCUT2D eigenvalue weighted by Crippen LogP contribution is -2.14. The molecule has 0 saturated carbocycles. The molecule has 114 valence electrons. The highest BCUT2D eigenvalue weighted by molar-refractivity contribution is 5.90. The van der Waals surface area contributed by atoms with Gasteiger partial charge in [0.2, 0.25) is 0 Å². The van der Waals surface area contributed by atoms with Gasteiger partial charge >= 0.3 is 0 Å². The van der Waals surface area contributed by atoms with Crippen molar-refractivity contribution in [1.29, 1.82) is 0 Å². The molecule has 0 heterocycles. The van der Waals surface area contributed by atoms with Crippen LogP contribution < -0.4 is 15.1 Å². The van der Waals surface area contributed by atoms with Gasteiger partial charge in [-0.25, -0.2) is 5.48 Å². The minimum absolute atomic E-state index is 0.578. The minimum atomic E-state index is -0.578. The first-order valence-corrected chi connectivity index (χ1v) is 6.76. The van der Waals surface area contributed by atoms with Gasteiger partial charge in [0.15, 0.2) is 0 Å². The van der Waals surface area contributed by atoms with Crippen molar-refractivity contribution in [3.05, 3.63) is 60.2 Å². The molecule has 0 spiro atoms. The molecule has 2 aromatic rings. The highest BCUT2D eigenvalue weighted by Gasteiger charge is 2.00. The SMILES string of the molecule is CN(C)c1ccc(Oc2cccc(/C=C/C(=O)NO)c2)cc1. The third kappa shape index (κ3) is 4.36. The molecule has 2 rings (SSSR count). The number of hydrogen-bond donors (Lipinski definition) is 2. The molecule has 0 radical (unpaired) electrons. The van der Waals surface area contributed by atoms with Gasteiger partial charge in [0.25, 0.3) is 5.91 Å². The number of nitrogens with zero attached hydrogens (tertiary/aromatic N) is 1. The Morgan fingerprint density at radius 2 is 1.86 bits per heavy atom. The van der Waals surface area contributed by atoms with Crippen molar-refractivity contribution in [2.45, 2.75) is 0 Å². The Labute approximate surface area is 129 Å². The molecule has 0 saturated heterocycles. The van der Waals surface area contributed by atoms with E-state index < -0.39 is 5.91 Å². The summed E-state index contributed by atoms with van der Waals surface area (Å²) in [5.41, 5.74) is 3.44. The van der Waals surface area contributed by atoms with Gasteiger partial charge in [0.05, 0.1) is 0 Å². The Kier molecular flexibility index (Phi) is 5.16. The summed E-state index contributed by atoms with van der Waals surface area (Å²) in [4.78, 5) is 13.0. The highest BCUT2D eigenvalue weighted by Crippen LogP contribution is 2.24. The van der Waals surface area contributed by atoms with Crippen LogP contribution in [0.2, 0.25) is 0 Å². The largest absolute Gasteiger partial charge is 0.457 e. The number of amides is 1. The normalized spacial score (nSPS) is 10.5. The van der Waals surface area contributed by atoms with Crippen LogP contribution in [0.15, 0.2) is 54.6 Å². The highest BCUT2D eigenvalue weighted by atomic mass is 16.5. The van der Waals surface area contributed by atoms with E-state index in [9.17, 15) is 4.79 Å². The quantitative estimate of drug-likeness (QED) is 0.506. The van der Waals surface area contributed by atoms with Crippen LogP contribution in [0.3, 0.4) is 0 Å². The van der Waals surface area contributed by atoms with Crippen LogP contribution in [-0.4, -0.2) is 25.2 Å². The van der Waals surface area contributed by atoms with Crippen LogP contribution in [0.1, 0.15) is 5.56 Å². The lowest BCUT2D eigenvalue weighted by atomic mass is 10.2. The third-order valence-corrected chi connectivity index (χ3v) is 2.98. The summed E-state index contributed by atoms with van der Waals surface area (Å²) in [5, 5.41) is 8.44. The lowest BCUT2D eigenvalue weighted by Gasteiger charge is -2.13. The van der Waals surface area contributed by atoms with Crippen LogP contribution in [-0.2, 0) is 4.79 Å². The molecule has 2 N–H and O–H groups in total. The molecule has 1 amide bonds. The zero-order valence-electron chi connectivity index (χ0n) is 12.5. The predicted molar refractivity (Wildman–Crippen MR) is 86.2 cm³/mol. The number of hydroxylamine groups is 1. The van der Waals surface area contributed by atoms with E-state index in [4.69, 9.17) is 9.94 Å². The predicted octanol–water partition coefficient (Wildman–Crippen LogP) is 3.06. The van der Waals surface area contributed by atoms with Crippen molar-refractivity contribution in [1.82, 2.24) is 5.48 Å². The summed E-state index contributed by atoms with van der Waals surface area (Å²) < 4.78 is 5.78. The maximum atomic E-state index is 11.0. The second kappa shape index (κ2) is 7.28. The second-order valence-corrected chi connectivity index (χ2v) is 4.87. The average molecular weight is 298 g/mol. The summed E-state index contributed by atoms with van der Waals surface area (Å²) in [6.07, 6.45) is 2.83. The molecule has 5 heteroatoms. The zero-order chi connectivity index (χ0) is 15.9. The van der Waals surface area contributed by atoms with Gasteiger partial charge in [-0.15, -0.1) is 0 Å². The van der Waals surface area contributed by atoms with Crippen LogP contribution >= 0.6 is 0 Å². The number of hydrogen-bond acceptors (Lipinski definition) is 4. The molecule has 0 aliphatic carbocycles. The number of nitrogens with one attached hydrogen (secondary N) is 1. The Hall–Kier alpha value is -2.79. The number of carbonyl (C=O) groups excluding carboxylic acids is 1. The molecule has 0 aliphatic rings. The van der Waals surface area contributed by atoms with Gasteiger partial charge in [0, 0.05) is 25.9 Å². The monoisotopic (exact) mass is 298 g/mol. The number of carbonyl (C=O) groups is 1. The summed E-state index contributed by atoms with van der Waals surface area (Å²) >= 11 is 0. The van der Waals surface area contributed by atoms with E-state index in [0.29, 0.717) is 5.75 Å².